The van der Waals surface area contributed by atoms with Gasteiger partial charge in [-0.05, 0) is 39.9 Å². The Morgan fingerprint density at radius 1 is 0.938 bits per heavy atom. The third kappa shape index (κ3) is 4.73. The molecule has 166 valence electrons. The van der Waals surface area contributed by atoms with Crippen molar-refractivity contribution in [3.05, 3.63) is 89.5 Å². The Kier molecular flexibility index (Phi) is 6.66. The minimum absolute atomic E-state index is 0.0630. The van der Waals surface area contributed by atoms with Gasteiger partial charge in [0.05, 0.1) is 12.6 Å². The maximum absolute atomic E-state index is 12.5. The first-order valence-corrected chi connectivity index (χ1v) is 10.3. The molecule has 3 aromatic carbocycles. The maximum atomic E-state index is 12.5. The summed E-state index contributed by atoms with van der Waals surface area (Å²) in [4.78, 5) is 12.5. The average molecular weight is 439 g/mol. The molecule has 32 heavy (non-hydrogen) atoms. The van der Waals surface area contributed by atoms with Gasteiger partial charge in [-0.3, -0.25) is 0 Å². The summed E-state index contributed by atoms with van der Waals surface area (Å²) in [5.41, 5.74) is 5.10. The van der Waals surface area contributed by atoms with Crippen LogP contribution in [0.15, 0.2) is 72.8 Å². The van der Waals surface area contributed by atoms with Gasteiger partial charge in [-0.2, -0.15) is 0 Å². The summed E-state index contributed by atoms with van der Waals surface area (Å²) >= 11 is 0. The summed E-state index contributed by atoms with van der Waals surface area (Å²) in [6.07, 6.45) is -3.21. The highest BCUT2D eigenvalue weighted by atomic mass is 19.3. The number of aliphatic hydroxyl groups excluding tert-OH is 1. The van der Waals surface area contributed by atoms with Crippen LogP contribution in [-0.2, 0) is 4.74 Å². The molecule has 0 saturated carbocycles. The number of aliphatic hydroxyl groups is 1. The van der Waals surface area contributed by atoms with E-state index in [1.165, 1.54) is 12.1 Å². The molecule has 3 aromatic rings. The summed E-state index contributed by atoms with van der Waals surface area (Å²) in [6, 6.07) is 21.6. The van der Waals surface area contributed by atoms with Crippen LogP contribution in [0.25, 0.3) is 11.1 Å². The molecule has 7 heteroatoms. The molecule has 0 spiro atoms. The molecule has 4 rings (SSSR count). The van der Waals surface area contributed by atoms with Gasteiger partial charge >= 0.3 is 6.09 Å². The zero-order valence-corrected chi connectivity index (χ0v) is 17.2. The van der Waals surface area contributed by atoms with Crippen molar-refractivity contribution in [2.75, 3.05) is 19.8 Å². The van der Waals surface area contributed by atoms with E-state index >= 15 is 0 Å². The lowest BCUT2D eigenvalue weighted by atomic mass is 9.98. The zero-order chi connectivity index (χ0) is 22.5. The molecule has 2 N–H and O–H groups in total. The van der Waals surface area contributed by atoms with Crippen LogP contribution in [0.3, 0.4) is 0 Å². The second-order valence-electron chi connectivity index (χ2n) is 7.48. The molecule has 0 saturated heterocycles. The van der Waals surface area contributed by atoms with Crippen molar-refractivity contribution >= 4 is 6.09 Å². The summed E-state index contributed by atoms with van der Waals surface area (Å²) in [7, 11) is 0. The lowest BCUT2D eigenvalue weighted by molar-refractivity contribution is 0.0819. The number of alkyl carbamates (subject to hydrolysis) is 1. The molecule has 0 aliphatic heterocycles. The molecule has 5 nitrogen and oxygen atoms in total. The quantitative estimate of drug-likeness (QED) is 0.524. The SMILES string of the molecule is O=C(NC(CO)c1ccc(OCC(F)F)cc1)OCC1c2ccccc2-c2ccccc21. The Morgan fingerprint density at radius 3 is 2.09 bits per heavy atom. The summed E-state index contributed by atoms with van der Waals surface area (Å²) in [5.74, 6) is 0.221. The smallest absolute Gasteiger partial charge is 0.407 e. The number of ether oxygens (including phenoxy) is 2. The lowest BCUT2D eigenvalue weighted by Gasteiger charge is -2.19. The van der Waals surface area contributed by atoms with Crippen LogP contribution in [0.4, 0.5) is 13.6 Å². The molecule has 1 aliphatic rings. The van der Waals surface area contributed by atoms with Gasteiger partial charge in [0.2, 0.25) is 0 Å². The standard InChI is InChI=1S/C25H23F2NO4/c26-24(27)15-31-17-11-9-16(10-12-17)23(13-29)28-25(30)32-14-22-20-7-3-1-5-18(20)19-6-2-4-8-21(19)22/h1-12,22-24,29H,13-15H2,(H,28,30). The fourth-order valence-electron chi connectivity index (χ4n) is 3.97. The Bertz CT molecular complexity index is 1030. The van der Waals surface area contributed by atoms with Crippen LogP contribution in [0.5, 0.6) is 5.75 Å². The Labute approximate surface area is 184 Å². The van der Waals surface area contributed by atoms with E-state index in [1.54, 1.807) is 12.1 Å². The van der Waals surface area contributed by atoms with Crippen molar-refractivity contribution in [3.63, 3.8) is 0 Å². The highest BCUT2D eigenvalue weighted by Gasteiger charge is 2.29. The van der Waals surface area contributed by atoms with E-state index in [0.717, 1.165) is 22.3 Å². The second-order valence-corrected chi connectivity index (χ2v) is 7.48. The van der Waals surface area contributed by atoms with Gasteiger partial charge in [0.25, 0.3) is 6.43 Å². The third-order valence-electron chi connectivity index (χ3n) is 5.48. The molecule has 0 radical (unpaired) electrons. The highest BCUT2D eigenvalue weighted by Crippen LogP contribution is 2.44. The van der Waals surface area contributed by atoms with Gasteiger partial charge in [0.15, 0.2) is 0 Å². The van der Waals surface area contributed by atoms with E-state index < -0.39 is 25.2 Å². The summed E-state index contributed by atoms with van der Waals surface area (Å²) < 4.78 is 35.0. The maximum Gasteiger partial charge on any atom is 0.407 e. The van der Waals surface area contributed by atoms with Crippen LogP contribution in [0.1, 0.15) is 28.7 Å². The number of benzene rings is 3. The van der Waals surface area contributed by atoms with Crippen LogP contribution >= 0.6 is 0 Å². The summed E-state index contributed by atoms with van der Waals surface area (Å²) in [5, 5.41) is 12.4. The molecule has 0 bridgehead atoms. The van der Waals surface area contributed by atoms with Crippen LogP contribution < -0.4 is 10.1 Å². The number of hydrogen-bond donors (Lipinski definition) is 2. The zero-order valence-electron chi connectivity index (χ0n) is 17.2. The first-order chi connectivity index (χ1) is 15.6. The van der Waals surface area contributed by atoms with Crippen molar-refractivity contribution in [2.24, 2.45) is 0 Å². The topological polar surface area (TPSA) is 67.8 Å². The van der Waals surface area contributed by atoms with E-state index in [4.69, 9.17) is 9.47 Å². The van der Waals surface area contributed by atoms with Crippen LogP contribution in [0, 0.1) is 0 Å². The van der Waals surface area contributed by atoms with Gasteiger partial charge in [0, 0.05) is 5.92 Å². The third-order valence-corrected chi connectivity index (χ3v) is 5.48. The van der Waals surface area contributed by atoms with E-state index in [9.17, 15) is 18.7 Å². The minimum Gasteiger partial charge on any atom is -0.488 e. The van der Waals surface area contributed by atoms with E-state index in [-0.39, 0.29) is 24.9 Å². The summed E-state index contributed by atoms with van der Waals surface area (Å²) in [6.45, 7) is -0.874. The van der Waals surface area contributed by atoms with Crippen molar-refractivity contribution in [1.82, 2.24) is 5.32 Å². The molecular weight excluding hydrogens is 416 g/mol. The molecule has 0 fully saturated rings. The fourth-order valence-corrected chi connectivity index (χ4v) is 3.97. The monoisotopic (exact) mass is 439 g/mol. The number of hydrogen-bond acceptors (Lipinski definition) is 4. The predicted octanol–water partition coefficient (Wildman–Crippen LogP) is 4.90. The van der Waals surface area contributed by atoms with Gasteiger partial charge in [0.1, 0.15) is 19.0 Å². The first-order valence-electron chi connectivity index (χ1n) is 10.3. The van der Waals surface area contributed by atoms with Crippen LogP contribution in [-0.4, -0.2) is 37.4 Å². The molecule has 0 aromatic heterocycles. The number of carbonyl (C=O) groups is 1. The van der Waals surface area contributed by atoms with E-state index in [1.807, 2.05) is 36.4 Å². The lowest BCUT2D eigenvalue weighted by Crippen LogP contribution is -2.32. The number of alkyl halides is 2. The van der Waals surface area contributed by atoms with E-state index in [2.05, 4.69) is 17.4 Å². The number of carbonyl (C=O) groups excluding carboxylic acids is 1. The molecule has 1 atom stereocenters. The highest BCUT2D eigenvalue weighted by molar-refractivity contribution is 5.79. The first kappa shape index (κ1) is 21.8. The predicted molar refractivity (Wildman–Crippen MR) is 116 cm³/mol. The number of amides is 1. The van der Waals surface area contributed by atoms with Crippen LogP contribution in [0.2, 0.25) is 0 Å². The second kappa shape index (κ2) is 9.78. The van der Waals surface area contributed by atoms with Crippen molar-refractivity contribution in [2.45, 2.75) is 18.4 Å². The Balaban J connectivity index is 1.38. The number of nitrogens with one attached hydrogen (secondary N) is 1. The van der Waals surface area contributed by atoms with Crippen molar-refractivity contribution in [3.8, 4) is 16.9 Å². The molecule has 1 aliphatic carbocycles. The van der Waals surface area contributed by atoms with Gasteiger partial charge in [-0.1, -0.05) is 60.7 Å². The Morgan fingerprint density at radius 2 is 1.53 bits per heavy atom. The van der Waals surface area contributed by atoms with Gasteiger partial charge < -0.3 is 19.9 Å². The number of rotatable bonds is 8. The molecule has 1 amide bonds. The van der Waals surface area contributed by atoms with Gasteiger partial charge in [-0.15, -0.1) is 0 Å². The van der Waals surface area contributed by atoms with Crippen molar-refractivity contribution in [1.29, 1.82) is 0 Å². The normalized spacial score (nSPS) is 13.4. The molecule has 1 unspecified atom stereocenters. The Hall–Kier alpha value is -3.45. The van der Waals surface area contributed by atoms with Crippen molar-refractivity contribution < 1.29 is 28.2 Å². The average Bonchev–Trinajstić information content (AvgIpc) is 3.14. The number of fused-ring (bicyclic) bond motifs is 3. The molecule has 0 heterocycles. The fraction of sp³-hybridized carbons (Fsp3) is 0.240. The largest absolute Gasteiger partial charge is 0.488 e. The minimum atomic E-state index is -2.56. The molecular formula is C25H23F2NO4. The number of halogens is 2. The van der Waals surface area contributed by atoms with E-state index in [0.29, 0.717) is 5.56 Å². The van der Waals surface area contributed by atoms with Gasteiger partial charge in [-0.25, -0.2) is 13.6 Å².